The lowest BCUT2D eigenvalue weighted by Crippen LogP contribution is -2.51. The van der Waals surface area contributed by atoms with Crippen molar-refractivity contribution >= 4 is 18.3 Å². The van der Waals surface area contributed by atoms with Crippen LogP contribution in [0.3, 0.4) is 0 Å². The Hall–Kier alpha value is -0.320. The lowest BCUT2D eigenvalue weighted by molar-refractivity contribution is -0.137. The lowest BCUT2D eigenvalue weighted by atomic mass is 9.95. The van der Waals surface area contributed by atoms with Crippen LogP contribution in [0.2, 0.25) is 0 Å². The molecule has 2 N–H and O–H groups in total. The maximum Gasteiger partial charge on any atom is 0.249 e. The number of carbonyl (C=O) groups is 1. The Morgan fingerprint density at radius 1 is 1.19 bits per heavy atom. The van der Waals surface area contributed by atoms with Crippen LogP contribution in [0.15, 0.2) is 0 Å². The largest absolute Gasteiger partial charge is 0.365 e. The van der Waals surface area contributed by atoms with Crippen molar-refractivity contribution in [2.24, 2.45) is 5.92 Å². The van der Waals surface area contributed by atoms with Gasteiger partial charge in [-0.15, -0.1) is 12.4 Å². The van der Waals surface area contributed by atoms with Gasteiger partial charge in [-0.2, -0.15) is 0 Å². The molecule has 0 radical (unpaired) electrons. The van der Waals surface area contributed by atoms with Crippen molar-refractivity contribution in [3.05, 3.63) is 0 Å². The number of halogens is 1. The highest BCUT2D eigenvalue weighted by Crippen LogP contribution is 2.21. The van der Waals surface area contributed by atoms with Gasteiger partial charge in [0.25, 0.3) is 0 Å². The van der Waals surface area contributed by atoms with E-state index in [0.29, 0.717) is 12.0 Å². The number of hydrogen-bond donors (Lipinski definition) is 2. The fourth-order valence-corrected chi connectivity index (χ4v) is 3.26. The SMILES string of the molecule is CC(OC1CCCCCC1)C(=O)NC1CCNCC1C.Cl. The molecule has 1 amide bonds. The highest BCUT2D eigenvalue weighted by molar-refractivity contribution is 5.85. The van der Waals surface area contributed by atoms with E-state index >= 15 is 0 Å². The summed E-state index contributed by atoms with van der Waals surface area (Å²) in [6.45, 7) is 6.07. The first kappa shape index (κ1) is 18.7. The van der Waals surface area contributed by atoms with Crippen LogP contribution in [0.5, 0.6) is 0 Å². The summed E-state index contributed by atoms with van der Waals surface area (Å²) in [5, 5.41) is 6.53. The summed E-state index contributed by atoms with van der Waals surface area (Å²) in [6.07, 6.45) is 8.31. The molecule has 0 aromatic carbocycles. The van der Waals surface area contributed by atoms with Crippen molar-refractivity contribution in [3.8, 4) is 0 Å². The molecule has 21 heavy (non-hydrogen) atoms. The van der Waals surface area contributed by atoms with E-state index in [1.54, 1.807) is 0 Å². The number of nitrogens with one attached hydrogen (secondary N) is 2. The Kier molecular flexibility index (Phi) is 8.60. The van der Waals surface area contributed by atoms with Gasteiger partial charge in [-0.1, -0.05) is 32.6 Å². The van der Waals surface area contributed by atoms with Crippen LogP contribution >= 0.6 is 12.4 Å². The number of rotatable bonds is 4. The van der Waals surface area contributed by atoms with Gasteiger partial charge < -0.3 is 15.4 Å². The van der Waals surface area contributed by atoms with Gasteiger partial charge in [0.15, 0.2) is 0 Å². The molecule has 0 aromatic rings. The third-order valence-corrected chi connectivity index (χ3v) is 4.68. The van der Waals surface area contributed by atoms with Crippen LogP contribution in [-0.4, -0.2) is 37.2 Å². The van der Waals surface area contributed by atoms with Crippen molar-refractivity contribution in [1.82, 2.24) is 10.6 Å². The molecule has 1 aliphatic carbocycles. The van der Waals surface area contributed by atoms with Crippen LogP contribution in [0.1, 0.15) is 58.8 Å². The second kappa shape index (κ2) is 9.65. The molecular formula is C16H31ClN2O2. The molecule has 3 atom stereocenters. The van der Waals surface area contributed by atoms with E-state index in [9.17, 15) is 4.79 Å². The van der Waals surface area contributed by atoms with Gasteiger partial charge in [0.2, 0.25) is 5.91 Å². The molecule has 1 saturated heterocycles. The number of carbonyl (C=O) groups excluding carboxylic acids is 1. The fourth-order valence-electron chi connectivity index (χ4n) is 3.26. The molecule has 2 aliphatic rings. The van der Waals surface area contributed by atoms with Gasteiger partial charge >= 0.3 is 0 Å². The Bertz CT molecular complexity index is 307. The molecule has 4 nitrogen and oxygen atoms in total. The van der Waals surface area contributed by atoms with E-state index in [1.165, 1.54) is 25.7 Å². The molecule has 1 saturated carbocycles. The van der Waals surface area contributed by atoms with Gasteiger partial charge in [0, 0.05) is 6.04 Å². The summed E-state index contributed by atoms with van der Waals surface area (Å²) in [5.41, 5.74) is 0. The average Bonchev–Trinajstić information content (AvgIpc) is 2.70. The molecule has 124 valence electrons. The molecule has 2 fully saturated rings. The summed E-state index contributed by atoms with van der Waals surface area (Å²) >= 11 is 0. The summed E-state index contributed by atoms with van der Waals surface area (Å²) in [7, 11) is 0. The summed E-state index contributed by atoms with van der Waals surface area (Å²) < 4.78 is 5.98. The minimum Gasteiger partial charge on any atom is -0.365 e. The van der Waals surface area contributed by atoms with Gasteiger partial charge in [0.1, 0.15) is 6.10 Å². The maximum atomic E-state index is 12.3. The first-order chi connectivity index (χ1) is 9.66. The zero-order chi connectivity index (χ0) is 14.4. The van der Waals surface area contributed by atoms with E-state index in [2.05, 4.69) is 17.6 Å². The Morgan fingerprint density at radius 2 is 1.86 bits per heavy atom. The second-order valence-corrected chi connectivity index (χ2v) is 6.48. The van der Waals surface area contributed by atoms with E-state index in [-0.39, 0.29) is 30.5 Å². The monoisotopic (exact) mass is 318 g/mol. The van der Waals surface area contributed by atoms with Gasteiger partial charge in [0.05, 0.1) is 6.10 Å². The third-order valence-electron chi connectivity index (χ3n) is 4.68. The number of piperidine rings is 1. The Balaban J connectivity index is 0.00000220. The quantitative estimate of drug-likeness (QED) is 0.784. The highest BCUT2D eigenvalue weighted by Gasteiger charge is 2.26. The van der Waals surface area contributed by atoms with Crippen LogP contribution < -0.4 is 10.6 Å². The molecule has 3 unspecified atom stereocenters. The van der Waals surface area contributed by atoms with Gasteiger partial charge in [-0.25, -0.2) is 0 Å². The smallest absolute Gasteiger partial charge is 0.249 e. The number of hydrogen-bond acceptors (Lipinski definition) is 3. The molecule has 1 heterocycles. The minimum absolute atomic E-state index is 0. The van der Waals surface area contributed by atoms with Crippen LogP contribution in [0.4, 0.5) is 0 Å². The van der Waals surface area contributed by atoms with Crippen LogP contribution in [0, 0.1) is 5.92 Å². The first-order valence-electron chi connectivity index (χ1n) is 8.33. The summed E-state index contributed by atoms with van der Waals surface area (Å²) in [4.78, 5) is 12.3. The molecule has 0 aromatic heterocycles. The topological polar surface area (TPSA) is 50.4 Å². The van der Waals surface area contributed by atoms with E-state index in [4.69, 9.17) is 4.74 Å². The number of ether oxygens (including phenoxy) is 1. The summed E-state index contributed by atoms with van der Waals surface area (Å²) in [6, 6.07) is 0.295. The predicted octanol–water partition coefficient (Wildman–Crippen LogP) is 2.65. The van der Waals surface area contributed by atoms with Crippen molar-refractivity contribution in [2.45, 2.75) is 77.0 Å². The van der Waals surface area contributed by atoms with Crippen LogP contribution in [0.25, 0.3) is 0 Å². The van der Waals surface area contributed by atoms with Gasteiger partial charge in [-0.3, -0.25) is 4.79 Å². The average molecular weight is 319 g/mol. The van der Waals surface area contributed by atoms with E-state index in [1.807, 2.05) is 6.92 Å². The Morgan fingerprint density at radius 3 is 2.48 bits per heavy atom. The van der Waals surface area contributed by atoms with Crippen molar-refractivity contribution in [1.29, 1.82) is 0 Å². The third kappa shape index (κ3) is 6.13. The molecule has 0 bridgehead atoms. The van der Waals surface area contributed by atoms with E-state index < -0.39 is 0 Å². The maximum absolute atomic E-state index is 12.3. The van der Waals surface area contributed by atoms with E-state index in [0.717, 1.165) is 32.4 Å². The minimum atomic E-state index is -0.319. The predicted molar refractivity (Wildman–Crippen MR) is 87.9 cm³/mol. The van der Waals surface area contributed by atoms with Crippen molar-refractivity contribution in [2.75, 3.05) is 13.1 Å². The second-order valence-electron chi connectivity index (χ2n) is 6.48. The molecule has 2 rings (SSSR count). The Labute approximate surface area is 135 Å². The molecular weight excluding hydrogens is 288 g/mol. The van der Waals surface area contributed by atoms with Crippen molar-refractivity contribution in [3.63, 3.8) is 0 Å². The molecule has 1 aliphatic heterocycles. The van der Waals surface area contributed by atoms with Crippen molar-refractivity contribution < 1.29 is 9.53 Å². The zero-order valence-electron chi connectivity index (χ0n) is 13.4. The first-order valence-corrected chi connectivity index (χ1v) is 8.33. The van der Waals surface area contributed by atoms with Gasteiger partial charge in [-0.05, 0) is 45.2 Å². The number of amides is 1. The molecule has 5 heteroatoms. The standard InChI is InChI=1S/C16H30N2O2.ClH/c1-12-11-17-10-9-15(12)18-16(19)13(2)20-14-7-5-3-4-6-8-14;/h12-15,17H,3-11H2,1-2H3,(H,18,19);1H. The fraction of sp³-hybridized carbons (Fsp3) is 0.938. The zero-order valence-corrected chi connectivity index (χ0v) is 14.2. The normalized spacial score (nSPS) is 29.0. The molecule has 0 spiro atoms. The highest BCUT2D eigenvalue weighted by atomic mass is 35.5. The van der Waals surface area contributed by atoms with Crippen LogP contribution in [-0.2, 0) is 9.53 Å². The summed E-state index contributed by atoms with van der Waals surface area (Å²) in [5.74, 6) is 0.561. The lowest BCUT2D eigenvalue weighted by Gasteiger charge is -2.31.